The number of amides is 1. The highest BCUT2D eigenvalue weighted by Crippen LogP contribution is 2.22. The third-order valence-corrected chi connectivity index (χ3v) is 4.27. The molecule has 1 heterocycles. The second kappa shape index (κ2) is 5.53. The van der Waals surface area contributed by atoms with Crippen LogP contribution in [-0.4, -0.2) is 14.3 Å². The van der Waals surface area contributed by atoms with E-state index in [0.29, 0.717) is 11.3 Å². The number of nitrogens with one attached hydrogen (secondary N) is 1. The quantitative estimate of drug-likeness (QED) is 0.770. The van der Waals surface area contributed by atoms with Crippen LogP contribution in [-0.2, 0) is 10.0 Å². The van der Waals surface area contributed by atoms with Crippen LogP contribution in [0.2, 0.25) is 0 Å². The van der Waals surface area contributed by atoms with E-state index in [1.807, 2.05) is 25.1 Å². The Labute approximate surface area is 133 Å². The van der Waals surface area contributed by atoms with Crippen LogP contribution in [0, 0.1) is 6.92 Å². The largest absolute Gasteiger partial charge is 0.451 e. The summed E-state index contributed by atoms with van der Waals surface area (Å²) in [6.45, 7) is 1.94. The Morgan fingerprint density at radius 1 is 1.09 bits per heavy atom. The van der Waals surface area contributed by atoms with Gasteiger partial charge in [0.2, 0.25) is 10.0 Å². The third-order valence-electron chi connectivity index (χ3n) is 3.34. The molecule has 0 saturated heterocycles. The Bertz CT molecular complexity index is 989. The summed E-state index contributed by atoms with van der Waals surface area (Å²) in [5.74, 6) is -0.233. The number of nitrogens with two attached hydrogens (primary N) is 1. The van der Waals surface area contributed by atoms with Gasteiger partial charge in [-0.05, 0) is 48.9 Å². The normalized spacial score (nSPS) is 11.6. The highest BCUT2D eigenvalue weighted by molar-refractivity contribution is 7.89. The van der Waals surface area contributed by atoms with Gasteiger partial charge in [-0.3, -0.25) is 4.79 Å². The first-order valence-electron chi connectivity index (χ1n) is 6.77. The molecule has 0 radical (unpaired) electrons. The summed E-state index contributed by atoms with van der Waals surface area (Å²) in [5.41, 5.74) is 2.12. The van der Waals surface area contributed by atoms with Crippen LogP contribution in [0.5, 0.6) is 0 Å². The van der Waals surface area contributed by atoms with Gasteiger partial charge >= 0.3 is 0 Å². The molecule has 23 heavy (non-hydrogen) atoms. The van der Waals surface area contributed by atoms with E-state index in [9.17, 15) is 13.2 Å². The molecule has 0 aliphatic carbocycles. The van der Waals surface area contributed by atoms with E-state index in [2.05, 4.69) is 5.32 Å². The van der Waals surface area contributed by atoms with E-state index in [4.69, 9.17) is 9.56 Å². The smallest absolute Gasteiger partial charge is 0.291 e. The summed E-state index contributed by atoms with van der Waals surface area (Å²) < 4.78 is 27.9. The maximum absolute atomic E-state index is 12.2. The van der Waals surface area contributed by atoms with Crippen LogP contribution >= 0.6 is 0 Å². The lowest BCUT2D eigenvalue weighted by atomic mass is 10.2. The fraction of sp³-hybridized carbons (Fsp3) is 0.0625. The van der Waals surface area contributed by atoms with Crippen LogP contribution < -0.4 is 10.5 Å². The summed E-state index contributed by atoms with van der Waals surface area (Å²) >= 11 is 0. The molecule has 3 N–H and O–H groups in total. The number of sulfonamides is 1. The average Bonchev–Trinajstić information content (AvgIpc) is 2.90. The molecule has 3 rings (SSSR count). The molecule has 0 bridgehead atoms. The van der Waals surface area contributed by atoms with Gasteiger partial charge in [-0.15, -0.1) is 0 Å². The molecular weight excluding hydrogens is 316 g/mol. The van der Waals surface area contributed by atoms with Gasteiger partial charge in [-0.2, -0.15) is 0 Å². The molecule has 7 heteroatoms. The summed E-state index contributed by atoms with van der Waals surface area (Å²) in [6.07, 6.45) is 0. The van der Waals surface area contributed by atoms with Crippen molar-refractivity contribution in [3.63, 3.8) is 0 Å². The lowest BCUT2D eigenvalue weighted by molar-refractivity contribution is 0.0998. The standard InChI is InChI=1S/C16H14N2O4S/c1-10-2-3-11-9-15(22-14(11)8-10)16(19)18-12-4-6-13(7-5-12)23(17,20)21/h2-9H,1H3,(H,18,19)(H2,17,20,21). The number of carbonyl (C=O) groups is 1. The first-order chi connectivity index (χ1) is 10.8. The zero-order valence-electron chi connectivity index (χ0n) is 12.2. The molecule has 0 aliphatic heterocycles. The molecule has 118 valence electrons. The van der Waals surface area contributed by atoms with Crippen LogP contribution in [0.3, 0.4) is 0 Å². The van der Waals surface area contributed by atoms with Crippen molar-refractivity contribution in [2.75, 3.05) is 5.32 Å². The first-order valence-corrected chi connectivity index (χ1v) is 8.32. The first kappa shape index (κ1) is 15.3. The van der Waals surface area contributed by atoms with Gasteiger partial charge in [0.15, 0.2) is 5.76 Å². The Hall–Kier alpha value is -2.64. The highest BCUT2D eigenvalue weighted by Gasteiger charge is 2.13. The third kappa shape index (κ3) is 3.25. The molecule has 0 saturated carbocycles. The van der Waals surface area contributed by atoms with Crippen molar-refractivity contribution in [1.29, 1.82) is 0 Å². The summed E-state index contributed by atoms with van der Waals surface area (Å²) in [4.78, 5) is 12.2. The zero-order chi connectivity index (χ0) is 16.6. The van der Waals surface area contributed by atoms with Gasteiger partial charge in [-0.25, -0.2) is 13.6 Å². The molecule has 1 amide bonds. The van der Waals surface area contributed by atoms with Crippen molar-refractivity contribution in [2.24, 2.45) is 5.14 Å². The van der Waals surface area contributed by atoms with Crippen LogP contribution in [0.25, 0.3) is 11.0 Å². The molecule has 0 unspecified atom stereocenters. The topological polar surface area (TPSA) is 102 Å². The van der Waals surface area contributed by atoms with Gasteiger partial charge in [0, 0.05) is 11.1 Å². The minimum Gasteiger partial charge on any atom is -0.451 e. The van der Waals surface area contributed by atoms with E-state index in [0.717, 1.165) is 10.9 Å². The van der Waals surface area contributed by atoms with Gasteiger partial charge in [0.05, 0.1) is 4.90 Å². The minimum atomic E-state index is -3.75. The molecule has 1 aromatic heterocycles. The number of primary sulfonamides is 1. The van der Waals surface area contributed by atoms with E-state index in [1.54, 1.807) is 6.07 Å². The maximum atomic E-state index is 12.2. The SMILES string of the molecule is Cc1ccc2cc(C(=O)Nc3ccc(S(N)(=O)=O)cc3)oc2c1. The van der Waals surface area contributed by atoms with Crippen molar-refractivity contribution < 1.29 is 17.6 Å². The zero-order valence-corrected chi connectivity index (χ0v) is 13.1. The Kier molecular flexibility index (Phi) is 3.67. The summed E-state index contributed by atoms with van der Waals surface area (Å²) in [6, 6.07) is 12.9. The molecule has 6 nitrogen and oxygen atoms in total. The van der Waals surface area contributed by atoms with E-state index < -0.39 is 15.9 Å². The van der Waals surface area contributed by atoms with Gasteiger partial charge in [0.25, 0.3) is 5.91 Å². The van der Waals surface area contributed by atoms with Crippen LogP contribution in [0.15, 0.2) is 57.8 Å². The number of anilines is 1. The second-order valence-electron chi connectivity index (χ2n) is 5.18. The predicted octanol–water partition coefficient (Wildman–Crippen LogP) is 2.64. The Morgan fingerprint density at radius 2 is 1.78 bits per heavy atom. The monoisotopic (exact) mass is 330 g/mol. The average molecular weight is 330 g/mol. The highest BCUT2D eigenvalue weighted by atomic mass is 32.2. The molecule has 0 atom stereocenters. The van der Waals surface area contributed by atoms with Crippen molar-refractivity contribution in [1.82, 2.24) is 0 Å². The van der Waals surface area contributed by atoms with Crippen molar-refractivity contribution in [3.8, 4) is 0 Å². The predicted molar refractivity (Wildman–Crippen MR) is 86.7 cm³/mol. The molecular formula is C16H14N2O4S. The number of benzene rings is 2. The number of furan rings is 1. The molecule has 3 aromatic rings. The van der Waals surface area contributed by atoms with Crippen molar-refractivity contribution in [3.05, 3.63) is 59.9 Å². The number of aryl methyl sites for hydroxylation is 1. The number of carbonyl (C=O) groups excluding carboxylic acids is 1. The number of hydrogen-bond acceptors (Lipinski definition) is 4. The summed E-state index contributed by atoms with van der Waals surface area (Å²) in [5, 5.41) is 8.51. The van der Waals surface area contributed by atoms with Gasteiger partial charge in [0.1, 0.15) is 5.58 Å². The van der Waals surface area contributed by atoms with Gasteiger partial charge in [-0.1, -0.05) is 12.1 Å². The lowest BCUT2D eigenvalue weighted by Crippen LogP contribution is -2.13. The second-order valence-corrected chi connectivity index (χ2v) is 6.74. The van der Waals surface area contributed by atoms with Crippen molar-refractivity contribution in [2.45, 2.75) is 11.8 Å². The lowest BCUT2D eigenvalue weighted by Gasteiger charge is -2.04. The maximum Gasteiger partial charge on any atom is 0.291 e. The van der Waals surface area contributed by atoms with Crippen molar-refractivity contribution >= 4 is 32.6 Å². The Morgan fingerprint density at radius 3 is 2.43 bits per heavy atom. The summed E-state index contributed by atoms with van der Waals surface area (Å²) in [7, 11) is -3.75. The molecule has 0 fully saturated rings. The number of rotatable bonds is 3. The molecule has 2 aromatic carbocycles. The van der Waals surface area contributed by atoms with Crippen LogP contribution in [0.4, 0.5) is 5.69 Å². The van der Waals surface area contributed by atoms with E-state index >= 15 is 0 Å². The van der Waals surface area contributed by atoms with E-state index in [-0.39, 0.29) is 10.7 Å². The van der Waals surface area contributed by atoms with Gasteiger partial charge < -0.3 is 9.73 Å². The number of hydrogen-bond donors (Lipinski definition) is 2. The fourth-order valence-corrected chi connectivity index (χ4v) is 2.69. The Balaban J connectivity index is 1.82. The van der Waals surface area contributed by atoms with Crippen LogP contribution in [0.1, 0.15) is 16.1 Å². The minimum absolute atomic E-state index is 0.0188. The number of fused-ring (bicyclic) bond motifs is 1. The van der Waals surface area contributed by atoms with E-state index in [1.165, 1.54) is 24.3 Å². The molecule has 0 aliphatic rings. The fourth-order valence-electron chi connectivity index (χ4n) is 2.17. The molecule has 0 spiro atoms.